The lowest BCUT2D eigenvalue weighted by molar-refractivity contribution is 0.199. The Balaban J connectivity index is 2.45. The number of hydrogen-bond acceptors (Lipinski definition) is 2. The lowest BCUT2D eigenvalue weighted by Crippen LogP contribution is -2.38. The van der Waals surface area contributed by atoms with Crippen LogP contribution in [0.15, 0.2) is 28.7 Å². The Morgan fingerprint density at radius 1 is 1.22 bits per heavy atom. The van der Waals surface area contributed by atoms with Crippen LogP contribution < -0.4 is 5.32 Å². The average molecular weight is 313 g/mol. The summed E-state index contributed by atoms with van der Waals surface area (Å²) in [5.41, 5.74) is 1.67. The van der Waals surface area contributed by atoms with E-state index in [-0.39, 0.29) is 0 Å². The van der Waals surface area contributed by atoms with Crippen LogP contribution in [-0.2, 0) is 6.54 Å². The fourth-order valence-corrected chi connectivity index (χ4v) is 2.47. The topological polar surface area (TPSA) is 15.3 Å². The SMILES string of the molecule is CCNCC(C)(C)CN(C)Cc1ccc(Br)cc1. The van der Waals surface area contributed by atoms with Crippen molar-refractivity contribution in [2.45, 2.75) is 27.3 Å². The third-order valence-corrected chi connectivity index (χ3v) is 3.45. The van der Waals surface area contributed by atoms with E-state index in [9.17, 15) is 0 Å². The van der Waals surface area contributed by atoms with E-state index in [0.717, 1.165) is 30.7 Å². The average Bonchev–Trinajstić information content (AvgIpc) is 2.29. The Labute approximate surface area is 120 Å². The van der Waals surface area contributed by atoms with Gasteiger partial charge in [-0.1, -0.05) is 48.8 Å². The van der Waals surface area contributed by atoms with Crippen molar-refractivity contribution in [3.63, 3.8) is 0 Å². The minimum absolute atomic E-state index is 0.306. The molecule has 1 aromatic rings. The zero-order chi connectivity index (χ0) is 13.6. The Bertz CT molecular complexity index is 346. The number of nitrogens with zero attached hydrogens (tertiary/aromatic N) is 1. The number of halogens is 1. The molecule has 1 rings (SSSR count). The molecule has 0 bridgehead atoms. The van der Waals surface area contributed by atoms with Crippen LogP contribution in [0, 0.1) is 5.41 Å². The highest BCUT2D eigenvalue weighted by Crippen LogP contribution is 2.17. The third kappa shape index (κ3) is 5.98. The highest BCUT2D eigenvalue weighted by Gasteiger charge is 2.19. The summed E-state index contributed by atoms with van der Waals surface area (Å²) in [6, 6.07) is 8.57. The molecule has 0 radical (unpaired) electrons. The fourth-order valence-electron chi connectivity index (χ4n) is 2.21. The van der Waals surface area contributed by atoms with Gasteiger partial charge >= 0.3 is 0 Å². The van der Waals surface area contributed by atoms with Gasteiger partial charge in [-0.05, 0) is 36.7 Å². The van der Waals surface area contributed by atoms with Crippen molar-refractivity contribution >= 4 is 15.9 Å². The van der Waals surface area contributed by atoms with Crippen molar-refractivity contribution < 1.29 is 0 Å². The number of rotatable bonds is 7. The molecule has 0 aliphatic rings. The standard InChI is InChI=1S/C15H25BrN2/c1-5-17-11-15(2,3)12-18(4)10-13-6-8-14(16)9-7-13/h6-9,17H,5,10-12H2,1-4H3. The molecule has 0 atom stereocenters. The Morgan fingerprint density at radius 3 is 2.39 bits per heavy atom. The first kappa shape index (κ1) is 15.7. The third-order valence-electron chi connectivity index (χ3n) is 2.92. The molecule has 0 heterocycles. The van der Waals surface area contributed by atoms with Crippen molar-refractivity contribution in [2.24, 2.45) is 5.41 Å². The first-order valence-corrected chi connectivity index (χ1v) is 7.36. The summed E-state index contributed by atoms with van der Waals surface area (Å²) in [4.78, 5) is 2.39. The monoisotopic (exact) mass is 312 g/mol. The van der Waals surface area contributed by atoms with Crippen LogP contribution in [-0.4, -0.2) is 31.6 Å². The number of hydrogen-bond donors (Lipinski definition) is 1. The zero-order valence-electron chi connectivity index (χ0n) is 12.0. The molecular weight excluding hydrogens is 288 g/mol. The van der Waals surface area contributed by atoms with Crippen LogP contribution >= 0.6 is 15.9 Å². The molecule has 3 heteroatoms. The highest BCUT2D eigenvalue weighted by molar-refractivity contribution is 9.10. The molecule has 0 aliphatic heterocycles. The molecule has 0 spiro atoms. The molecular formula is C15H25BrN2. The lowest BCUT2D eigenvalue weighted by Gasteiger charge is -2.30. The summed E-state index contributed by atoms with van der Waals surface area (Å²) in [6.45, 7) is 11.0. The molecule has 0 saturated carbocycles. The molecule has 0 fully saturated rings. The van der Waals surface area contributed by atoms with E-state index < -0.39 is 0 Å². The maximum atomic E-state index is 3.47. The molecule has 102 valence electrons. The summed E-state index contributed by atoms with van der Waals surface area (Å²) < 4.78 is 1.14. The lowest BCUT2D eigenvalue weighted by atomic mass is 9.92. The Hall–Kier alpha value is -0.380. The van der Waals surface area contributed by atoms with Crippen LogP contribution in [0.4, 0.5) is 0 Å². The van der Waals surface area contributed by atoms with Gasteiger partial charge in [-0.3, -0.25) is 0 Å². The van der Waals surface area contributed by atoms with Crippen LogP contribution in [0.1, 0.15) is 26.3 Å². The van der Waals surface area contributed by atoms with Gasteiger partial charge in [0.05, 0.1) is 0 Å². The first-order chi connectivity index (χ1) is 8.43. The maximum absolute atomic E-state index is 3.47. The first-order valence-electron chi connectivity index (χ1n) is 6.56. The second-order valence-electron chi connectivity index (χ2n) is 5.74. The van der Waals surface area contributed by atoms with Gasteiger partial charge in [-0.15, -0.1) is 0 Å². The van der Waals surface area contributed by atoms with E-state index in [0.29, 0.717) is 5.41 Å². The van der Waals surface area contributed by atoms with Crippen molar-refractivity contribution in [2.75, 3.05) is 26.7 Å². The Morgan fingerprint density at radius 2 is 1.83 bits per heavy atom. The quantitative estimate of drug-likeness (QED) is 0.828. The van der Waals surface area contributed by atoms with Crippen LogP contribution in [0.5, 0.6) is 0 Å². The van der Waals surface area contributed by atoms with Gasteiger partial charge < -0.3 is 10.2 Å². The molecule has 2 nitrogen and oxygen atoms in total. The van der Waals surface area contributed by atoms with E-state index >= 15 is 0 Å². The minimum atomic E-state index is 0.306. The van der Waals surface area contributed by atoms with Gasteiger partial charge in [-0.25, -0.2) is 0 Å². The van der Waals surface area contributed by atoms with Crippen molar-refractivity contribution in [3.8, 4) is 0 Å². The largest absolute Gasteiger partial charge is 0.316 e. The second kappa shape index (κ2) is 7.27. The van der Waals surface area contributed by atoms with Crippen molar-refractivity contribution in [3.05, 3.63) is 34.3 Å². The number of nitrogens with one attached hydrogen (secondary N) is 1. The van der Waals surface area contributed by atoms with Crippen molar-refractivity contribution in [1.82, 2.24) is 10.2 Å². The summed E-state index contributed by atoms with van der Waals surface area (Å²) in [6.07, 6.45) is 0. The van der Waals surface area contributed by atoms with Crippen molar-refractivity contribution in [1.29, 1.82) is 0 Å². The molecule has 0 aliphatic carbocycles. The van der Waals surface area contributed by atoms with E-state index in [4.69, 9.17) is 0 Å². The zero-order valence-corrected chi connectivity index (χ0v) is 13.5. The van der Waals surface area contributed by atoms with Gasteiger partial charge in [0.15, 0.2) is 0 Å². The normalized spacial score (nSPS) is 12.1. The van der Waals surface area contributed by atoms with E-state index in [1.165, 1.54) is 5.56 Å². The van der Waals surface area contributed by atoms with Gasteiger partial charge in [-0.2, -0.15) is 0 Å². The smallest absolute Gasteiger partial charge is 0.0230 e. The highest BCUT2D eigenvalue weighted by atomic mass is 79.9. The summed E-state index contributed by atoms with van der Waals surface area (Å²) >= 11 is 3.47. The van der Waals surface area contributed by atoms with Crippen LogP contribution in [0.3, 0.4) is 0 Å². The predicted octanol–water partition coefficient (Wildman–Crippen LogP) is 3.52. The van der Waals surface area contributed by atoms with Crippen LogP contribution in [0.25, 0.3) is 0 Å². The second-order valence-corrected chi connectivity index (χ2v) is 6.66. The molecule has 0 saturated heterocycles. The Kier molecular flexibility index (Phi) is 6.33. The van der Waals surface area contributed by atoms with Gasteiger partial charge in [0.25, 0.3) is 0 Å². The molecule has 0 amide bonds. The fraction of sp³-hybridized carbons (Fsp3) is 0.600. The predicted molar refractivity (Wildman–Crippen MR) is 82.8 cm³/mol. The summed E-state index contributed by atoms with van der Waals surface area (Å²) in [5, 5.41) is 3.43. The van der Waals surface area contributed by atoms with Gasteiger partial charge in [0, 0.05) is 24.1 Å². The van der Waals surface area contributed by atoms with Gasteiger partial charge in [0.2, 0.25) is 0 Å². The van der Waals surface area contributed by atoms with Gasteiger partial charge in [0.1, 0.15) is 0 Å². The molecule has 0 unspecified atom stereocenters. The molecule has 1 aromatic carbocycles. The number of benzene rings is 1. The van der Waals surface area contributed by atoms with E-state index in [1.807, 2.05) is 0 Å². The molecule has 0 aromatic heterocycles. The maximum Gasteiger partial charge on any atom is 0.0230 e. The molecule has 1 N–H and O–H groups in total. The molecule has 18 heavy (non-hydrogen) atoms. The van der Waals surface area contributed by atoms with E-state index in [2.05, 4.69) is 78.2 Å². The summed E-state index contributed by atoms with van der Waals surface area (Å²) in [5.74, 6) is 0. The minimum Gasteiger partial charge on any atom is -0.316 e. The van der Waals surface area contributed by atoms with Crippen LogP contribution in [0.2, 0.25) is 0 Å². The van der Waals surface area contributed by atoms with E-state index in [1.54, 1.807) is 0 Å². The summed E-state index contributed by atoms with van der Waals surface area (Å²) in [7, 11) is 2.19.